The molecule has 0 radical (unpaired) electrons. The lowest BCUT2D eigenvalue weighted by Crippen LogP contribution is -2.09. The Morgan fingerprint density at radius 3 is 2.68 bits per heavy atom. The zero-order chi connectivity index (χ0) is 16.7. The van der Waals surface area contributed by atoms with Crippen molar-refractivity contribution < 1.29 is 23.6 Å². The van der Waals surface area contributed by atoms with Gasteiger partial charge < -0.3 is 10.1 Å². The molecule has 0 saturated carbocycles. The molecule has 1 aromatic rings. The van der Waals surface area contributed by atoms with E-state index in [1.54, 1.807) is 6.92 Å². The molecule has 0 spiro atoms. The smallest absolute Gasteiger partial charge is 0.313 e. The SMILES string of the molecule is CC(=O)CC(=O)OCC=C(C)Nc1ccc(F)c([N+](=O)[O-])c1. The van der Waals surface area contributed by atoms with E-state index in [0.29, 0.717) is 11.4 Å². The van der Waals surface area contributed by atoms with Gasteiger partial charge in [0.25, 0.3) is 0 Å². The van der Waals surface area contributed by atoms with Crippen molar-refractivity contribution >= 4 is 23.1 Å². The fourth-order valence-electron chi connectivity index (χ4n) is 1.52. The highest BCUT2D eigenvalue weighted by atomic mass is 19.1. The number of hydrogen-bond acceptors (Lipinski definition) is 6. The normalized spacial score (nSPS) is 11.0. The van der Waals surface area contributed by atoms with Crippen LogP contribution >= 0.6 is 0 Å². The first-order valence-electron chi connectivity index (χ1n) is 6.32. The second-order valence-electron chi connectivity index (χ2n) is 4.50. The summed E-state index contributed by atoms with van der Waals surface area (Å²) in [5.41, 5.74) is 0.249. The molecule has 0 fully saturated rings. The molecule has 0 bridgehead atoms. The van der Waals surface area contributed by atoms with Gasteiger partial charge in [0.2, 0.25) is 5.82 Å². The molecule has 1 N–H and O–H groups in total. The number of esters is 1. The lowest BCUT2D eigenvalue weighted by Gasteiger charge is -2.07. The summed E-state index contributed by atoms with van der Waals surface area (Å²) in [5.74, 6) is -1.84. The molecule has 0 amide bonds. The lowest BCUT2D eigenvalue weighted by molar-refractivity contribution is -0.387. The number of Topliss-reactive ketones (excluding diaryl/α,β-unsaturated/α-hetero) is 1. The van der Waals surface area contributed by atoms with E-state index in [9.17, 15) is 24.1 Å². The van der Waals surface area contributed by atoms with Crippen molar-refractivity contribution in [3.63, 3.8) is 0 Å². The minimum absolute atomic E-state index is 0.0474. The number of carbonyl (C=O) groups is 2. The van der Waals surface area contributed by atoms with Crippen LogP contribution in [0.3, 0.4) is 0 Å². The van der Waals surface area contributed by atoms with Crippen LogP contribution in [-0.2, 0) is 14.3 Å². The first kappa shape index (κ1) is 17.3. The number of nitro benzene ring substituents is 1. The van der Waals surface area contributed by atoms with Crippen LogP contribution in [0.1, 0.15) is 20.3 Å². The van der Waals surface area contributed by atoms with Crippen molar-refractivity contribution in [3.05, 3.63) is 45.9 Å². The maximum Gasteiger partial charge on any atom is 0.313 e. The van der Waals surface area contributed by atoms with Crippen LogP contribution in [0.2, 0.25) is 0 Å². The Hall–Kier alpha value is -2.77. The molecule has 1 aromatic carbocycles. The Balaban J connectivity index is 2.61. The first-order chi connectivity index (χ1) is 10.3. The summed E-state index contributed by atoms with van der Waals surface area (Å²) in [5, 5.41) is 13.4. The standard InChI is InChI=1S/C14H15FN2O5/c1-9(5-6-22-14(19)7-10(2)18)16-11-3-4-12(15)13(8-11)17(20)21/h3-5,8,16H,6-7H2,1-2H3. The van der Waals surface area contributed by atoms with Gasteiger partial charge in [-0.1, -0.05) is 0 Å². The van der Waals surface area contributed by atoms with Gasteiger partial charge in [-0.15, -0.1) is 0 Å². The zero-order valence-electron chi connectivity index (χ0n) is 12.1. The number of nitrogens with one attached hydrogen (secondary N) is 1. The summed E-state index contributed by atoms with van der Waals surface area (Å²) in [6.07, 6.45) is 1.23. The minimum atomic E-state index is -0.921. The Morgan fingerprint density at radius 1 is 1.41 bits per heavy atom. The molecular weight excluding hydrogens is 295 g/mol. The first-order valence-corrected chi connectivity index (χ1v) is 6.32. The van der Waals surface area contributed by atoms with Gasteiger partial charge in [0.05, 0.1) is 4.92 Å². The molecule has 0 aromatic heterocycles. The highest BCUT2D eigenvalue weighted by Crippen LogP contribution is 2.22. The number of nitrogens with zero attached hydrogens (tertiary/aromatic N) is 1. The molecule has 0 aliphatic carbocycles. The molecule has 0 saturated heterocycles. The van der Waals surface area contributed by atoms with E-state index in [1.807, 2.05) is 0 Å². The monoisotopic (exact) mass is 310 g/mol. The van der Waals surface area contributed by atoms with Gasteiger partial charge in [-0.3, -0.25) is 19.7 Å². The van der Waals surface area contributed by atoms with Crippen molar-refractivity contribution in [1.82, 2.24) is 0 Å². The molecular formula is C14H15FN2O5. The van der Waals surface area contributed by atoms with Crippen molar-refractivity contribution in [1.29, 1.82) is 0 Å². The summed E-state index contributed by atoms with van der Waals surface area (Å²) in [7, 11) is 0. The molecule has 0 aliphatic heterocycles. The van der Waals surface area contributed by atoms with Crippen LogP contribution in [0.15, 0.2) is 30.0 Å². The van der Waals surface area contributed by atoms with Crippen LogP contribution in [-0.4, -0.2) is 23.3 Å². The van der Waals surface area contributed by atoms with Crippen molar-refractivity contribution in [2.45, 2.75) is 20.3 Å². The Morgan fingerprint density at radius 2 is 2.09 bits per heavy atom. The summed E-state index contributed by atoms with van der Waals surface area (Å²) < 4.78 is 18.0. The Labute approximate surface area is 125 Å². The number of ether oxygens (including phenoxy) is 1. The summed E-state index contributed by atoms with van der Waals surface area (Å²) in [6, 6.07) is 3.40. The number of nitro groups is 1. The second kappa shape index (κ2) is 7.87. The van der Waals surface area contributed by atoms with Crippen LogP contribution in [0.5, 0.6) is 0 Å². The van der Waals surface area contributed by atoms with E-state index < -0.39 is 22.4 Å². The number of halogens is 1. The van der Waals surface area contributed by atoms with Crippen molar-refractivity contribution in [2.75, 3.05) is 11.9 Å². The quantitative estimate of drug-likeness (QED) is 0.360. The number of carbonyl (C=O) groups excluding carboxylic acids is 2. The predicted molar refractivity (Wildman–Crippen MR) is 76.7 cm³/mol. The molecule has 7 nitrogen and oxygen atoms in total. The fraction of sp³-hybridized carbons (Fsp3) is 0.286. The van der Waals surface area contributed by atoms with Gasteiger partial charge >= 0.3 is 11.7 Å². The van der Waals surface area contributed by atoms with Crippen LogP contribution in [0.4, 0.5) is 15.8 Å². The third kappa shape index (κ3) is 5.70. The predicted octanol–water partition coefficient (Wildman–Crippen LogP) is 2.57. The number of benzene rings is 1. The van der Waals surface area contributed by atoms with E-state index in [-0.39, 0.29) is 18.8 Å². The molecule has 0 unspecified atom stereocenters. The zero-order valence-corrected chi connectivity index (χ0v) is 12.1. The van der Waals surface area contributed by atoms with Crippen LogP contribution < -0.4 is 5.32 Å². The van der Waals surface area contributed by atoms with Gasteiger partial charge in [0.15, 0.2) is 0 Å². The average Bonchev–Trinajstić information content (AvgIpc) is 2.39. The number of anilines is 1. The molecule has 0 aliphatic rings. The number of allylic oxidation sites excluding steroid dienone is 1. The number of rotatable bonds is 7. The largest absolute Gasteiger partial charge is 0.461 e. The second-order valence-corrected chi connectivity index (χ2v) is 4.50. The minimum Gasteiger partial charge on any atom is -0.461 e. The van der Waals surface area contributed by atoms with Crippen LogP contribution in [0.25, 0.3) is 0 Å². The molecule has 0 atom stereocenters. The van der Waals surface area contributed by atoms with E-state index in [0.717, 1.165) is 12.1 Å². The van der Waals surface area contributed by atoms with Gasteiger partial charge in [-0.25, -0.2) is 0 Å². The van der Waals surface area contributed by atoms with Gasteiger partial charge in [0, 0.05) is 17.5 Å². The molecule has 22 heavy (non-hydrogen) atoms. The molecule has 118 valence electrons. The topological polar surface area (TPSA) is 98.5 Å². The molecule has 8 heteroatoms. The highest BCUT2D eigenvalue weighted by molar-refractivity contribution is 5.94. The van der Waals surface area contributed by atoms with Gasteiger partial charge in [-0.05, 0) is 32.1 Å². The third-order valence-corrected chi connectivity index (χ3v) is 2.51. The maximum atomic E-state index is 13.2. The average molecular weight is 310 g/mol. The highest BCUT2D eigenvalue weighted by Gasteiger charge is 2.14. The van der Waals surface area contributed by atoms with Crippen LogP contribution in [0, 0.1) is 15.9 Å². The Bertz CT molecular complexity index is 628. The molecule has 1 rings (SSSR count). The van der Waals surface area contributed by atoms with Gasteiger partial charge in [-0.2, -0.15) is 4.39 Å². The van der Waals surface area contributed by atoms with Gasteiger partial charge in [0.1, 0.15) is 18.8 Å². The van der Waals surface area contributed by atoms with E-state index in [1.165, 1.54) is 19.1 Å². The van der Waals surface area contributed by atoms with E-state index in [2.05, 4.69) is 5.32 Å². The number of ketones is 1. The number of hydrogen-bond donors (Lipinski definition) is 1. The lowest BCUT2D eigenvalue weighted by atomic mass is 10.2. The van der Waals surface area contributed by atoms with Crippen molar-refractivity contribution in [3.8, 4) is 0 Å². The van der Waals surface area contributed by atoms with Crippen molar-refractivity contribution in [2.24, 2.45) is 0 Å². The summed E-state index contributed by atoms with van der Waals surface area (Å²) in [4.78, 5) is 31.7. The molecule has 0 heterocycles. The third-order valence-electron chi connectivity index (χ3n) is 2.51. The van der Waals surface area contributed by atoms with E-state index >= 15 is 0 Å². The van der Waals surface area contributed by atoms with E-state index in [4.69, 9.17) is 4.74 Å². The Kier molecular flexibility index (Phi) is 6.18. The fourth-order valence-corrected chi connectivity index (χ4v) is 1.52. The maximum absolute atomic E-state index is 13.2. The summed E-state index contributed by atoms with van der Waals surface area (Å²) >= 11 is 0. The summed E-state index contributed by atoms with van der Waals surface area (Å²) in [6.45, 7) is 2.88.